The SMILES string of the molecule is C=C1C(C(C)C)=C(C(C)C)Nc2ccccc21. The molecule has 17 heavy (non-hydrogen) atoms. The van der Waals surface area contributed by atoms with Crippen molar-refractivity contribution in [2.45, 2.75) is 27.7 Å². The van der Waals surface area contributed by atoms with E-state index in [0.717, 1.165) is 0 Å². The molecule has 1 heteroatoms. The smallest absolute Gasteiger partial charge is 0.0461 e. The molecule has 0 fully saturated rings. The lowest BCUT2D eigenvalue weighted by atomic mass is 9.83. The molecule has 1 aromatic rings. The number of anilines is 1. The van der Waals surface area contributed by atoms with Gasteiger partial charge in [-0.3, -0.25) is 0 Å². The van der Waals surface area contributed by atoms with Crippen LogP contribution in [0.25, 0.3) is 5.57 Å². The second-order valence-corrected chi connectivity index (χ2v) is 5.29. The predicted octanol–water partition coefficient (Wildman–Crippen LogP) is 4.69. The summed E-state index contributed by atoms with van der Waals surface area (Å²) in [5.74, 6) is 0.998. The van der Waals surface area contributed by atoms with Crippen LogP contribution in [0.5, 0.6) is 0 Å². The summed E-state index contributed by atoms with van der Waals surface area (Å²) in [7, 11) is 0. The standard InChI is InChI=1S/C16H21N/c1-10(2)15-12(5)13-8-6-7-9-14(13)17-16(15)11(3)4/h6-11,17H,5H2,1-4H3. The van der Waals surface area contributed by atoms with E-state index in [1.165, 1.54) is 28.1 Å². The van der Waals surface area contributed by atoms with Crippen LogP contribution in [0.2, 0.25) is 0 Å². The largest absolute Gasteiger partial charge is 0.358 e. The Bertz CT molecular complexity index is 478. The van der Waals surface area contributed by atoms with Gasteiger partial charge in [0.25, 0.3) is 0 Å². The fraction of sp³-hybridized carbons (Fsp3) is 0.375. The van der Waals surface area contributed by atoms with E-state index in [4.69, 9.17) is 0 Å². The van der Waals surface area contributed by atoms with Crippen molar-refractivity contribution in [3.63, 3.8) is 0 Å². The summed E-state index contributed by atoms with van der Waals surface area (Å²) in [5.41, 5.74) is 6.30. The van der Waals surface area contributed by atoms with Crippen molar-refractivity contribution in [2.24, 2.45) is 11.8 Å². The summed E-state index contributed by atoms with van der Waals surface area (Å²) in [5, 5.41) is 3.58. The average molecular weight is 227 g/mol. The fourth-order valence-corrected chi connectivity index (χ4v) is 2.49. The number of fused-ring (bicyclic) bond motifs is 1. The van der Waals surface area contributed by atoms with E-state index in [0.29, 0.717) is 11.8 Å². The molecule has 0 bridgehead atoms. The monoisotopic (exact) mass is 227 g/mol. The van der Waals surface area contributed by atoms with Crippen molar-refractivity contribution >= 4 is 11.3 Å². The molecule has 0 aliphatic carbocycles. The van der Waals surface area contributed by atoms with Gasteiger partial charge >= 0.3 is 0 Å². The molecule has 0 amide bonds. The van der Waals surface area contributed by atoms with Gasteiger partial charge in [-0.05, 0) is 29.0 Å². The molecule has 90 valence electrons. The average Bonchev–Trinajstić information content (AvgIpc) is 2.28. The van der Waals surface area contributed by atoms with Crippen LogP contribution in [0, 0.1) is 11.8 Å². The molecule has 1 nitrogen and oxygen atoms in total. The van der Waals surface area contributed by atoms with E-state index in [-0.39, 0.29) is 0 Å². The van der Waals surface area contributed by atoms with E-state index in [1.54, 1.807) is 0 Å². The van der Waals surface area contributed by atoms with Crippen LogP contribution in [0.1, 0.15) is 33.3 Å². The van der Waals surface area contributed by atoms with E-state index < -0.39 is 0 Å². The molecule has 0 aromatic heterocycles. The van der Waals surface area contributed by atoms with E-state index in [2.05, 4.69) is 63.9 Å². The Kier molecular flexibility index (Phi) is 3.10. The molecule has 1 heterocycles. The highest BCUT2D eigenvalue weighted by atomic mass is 14.9. The molecule has 1 aliphatic rings. The quantitative estimate of drug-likeness (QED) is 0.772. The van der Waals surface area contributed by atoms with Crippen molar-refractivity contribution in [1.29, 1.82) is 0 Å². The molecule has 0 saturated heterocycles. The third-order valence-corrected chi connectivity index (χ3v) is 3.29. The summed E-state index contributed by atoms with van der Waals surface area (Å²) in [6.07, 6.45) is 0. The Morgan fingerprint density at radius 2 is 1.65 bits per heavy atom. The number of hydrogen-bond acceptors (Lipinski definition) is 1. The first-order chi connectivity index (χ1) is 8.02. The van der Waals surface area contributed by atoms with Crippen LogP contribution in [-0.4, -0.2) is 0 Å². The number of benzene rings is 1. The van der Waals surface area contributed by atoms with E-state index in [1.807, 2.05) is 0 Å². The van der Waals surface area contributed by atoms with Gasteiger partial charge in [0, 0.05) is 16.9 Å². The summed E-state index contributed by atoms with van der Waals surface area (Å²) in [6.45, 7) is 13.2. The molecule has 0 unspecified atom stereocenters. The van der Waals surface area contributed by atoms with Crippen molar-refractivity contribution in [1.82, 2.24) is 0 Å². The Morgan fingerprint density at radius 3 is 2.24 bits per heavy atom. The molecule has 0 atom stereocenters. The molecule has 0 radical (unpaired) electrons. The zero-order chi connectivity index (χ0) is 12.6. The highest BCUT2D eigenvalue weighted by Gasteiger charge is 2.24. The molecule has 1 aliphatic heterocycles. The number of hydrogen-bond donors (Lipinski definition) is 1. The highest BCUT2D eigenvalue weighted by Crippen LogP contribution is 2.40. The lowest BCUT2D eigenvalue weighted by Crippen LogP contribution is -2.18. The summed E-state index contributed by atoms with van der Waals surface area (Å²) in [6, 6.07) is 8.41. The third kappa shape index (κ3) is 2.02. The van der Waals surface area contributed by atoms with Crippen molar-refractivity contribution in [3.05, 3.63) is 47.7 Å². The van der Waals surface area contributed by atoms with Crippen molar-refractivity contribution in [2.75, 3.05) is 5.32 Å². The van der Waals surface area contributed by atoms with Gasteiger partial charge in [0.2, 0.25) is 0 Å². The van der Waals surface area contributed by atoms with Gasteiger partial charge in [-0.15, -0.1) is 0 Å². The molecule has 0 spiro atoms. The van der Waals surface area contributed by atoms with Crippen LogP contribution in [-0.2, 0) is 0 Å². The van der Waals surface area contributed by atoms with Gasteiger partial charge in [0.05, 0.1) is 0 Å². The lowest BCUT2D eigenvalue weighted by molar-refractivity contribution is 0.710. The minimum Gasteiger partial charge on any atom is -0.358 e. The fourth-order valence-electron chi connectivity index (χ4n) is 2.49. The van der Waals surface area contributed by atoms with Gasteiger partial charge < -0.3 is 5.32 Å². The minimum absolute atomic E-state index is 0.498. The van der Waals surface area contributed by atoms with Crippen molar-refractivity contribution in [3.8, 4) is 0 Å². The number of allylic oxidation sites excluding steroid dienone is 3. The molecule has 2 rings (SSSR count). The van der Waals surface area contributed by atoms with Crippen molar-refractivity contribution < 1.29 is 0 Å². The predicted molar refractivity (Wildman–Crippen MR) is 75.8 cm³/mol. The second-order valence-electron chi connectivity index (χ2n) is 5.29. The Labute approximate surface area is 104 Å². The first-order valence-corrected chi connectivity index (χ1v) is 6.32. The van der Waals surface area contributed by atoms with Gasteiger partial charge in [0.15, 0.2) is 0 Å². The minimum atomic E-state index is 0.498. The van der Waals surface area contributed by atoms with Crippen LogP contribution in [0.3, 0.4) is 0 Å². The Morgan fingerprint density at radius 1 is 1.00 bits per heavy atom. The van der Waals surface area contributed by atoms with Crippen LogP contribution in [0.4, 0.5) is 5.69 Å². The zero-order valence-corrected chi connectivity index (χ0v) is 11.2. The second kappa shape index (κ2) is 4.40. The summed E-state index contributed by atoms with van der Waals surface area (Å²) < 4.78 is 0. The highest BCUT2D eigenvalue weighted by molar-refractivity contribution is 5.89. The van der Waals surface area contributed by atoms with Crippen LogP contribution in [0.15, 0.2) is 42.1 Å². The van der Waals surface area contributed by atoms with Gasteiger partial charge in [-0.1, -0.05) is 52.5 Å². The number of nitrogens with one attached hydrogen (secondary N) is 1. The maximum atomic E-state index is 4.29. The van der Waals surface area contributed by atoms with Gasteiger partial charge in [-0.2, -0.15) is 0 Å². The molecule has 1 N–H and O–H groups in total. The molecular formula is C16H21N. The normalized spacial score (nSPS) is 15.3. The summed E-state index contributed by atoms with van der Waals surface area (Å²) >= 11 is 0. The zero-order valence-electron chi connectivity index (χ0n) is 11.2. The third-order valence-electron chi connectivity index (χ3n) is 3.29. The first-order valence-electron chi connectivity index (χ1n) is 6.32. The number of para-hydroxylation sites is 1. The molecular weight excluding hydrogens is 206 g/mol. The number of rotatable bonds is 2. The van der Waals surface area contributed by atoms with Crippen LogP contribution >= 0.6 is 0 Å². The maximum Gasteiger partial charge on any atom is 0.0461 e. The van der Waals surface area contributed by atoms with E-state index in [9.17, 15) is 0 Å². The summed E-state index contributed by atoms with van der Waals surface area (Å²) in [4.78, 5) is 0. The topological polar surface area (TPSA) is 12.0 Å². The van der Waals surface area contributed by atoms with E-state index >= 15 is 0 Å². The lowest BCUT2D eigenvalue weighted by Gasteiger charge is -2.30. The Balaban J connectivity index is 2.57. The Hall–Kier alpha value is -1.50. The first kappa shape index (κ1) is 12.0. The maximum absolute atomic E-state index is 4.29. The molecule has 0 saturated carbocycles. The molecule has 1 aromatic carbocycles. The van der Waals surface area contributed by atoms with Gasteiger partial charge in [0.1, 0.15) is 0 Å². The van der Waals surface area contributed by atoms with Gasteiger partial charge in [-0.25, -0.2) is 0 Å². The van der Waals surface area contributed by atoms with Crippen LogP contribution < -0.4 is 5.32 Å².